The first-order valence-electron chi connectivity index (χ1n) is 31.7. The number of hydrogen-bond donors (Lipinski definition) is 0. The van der Waals surface area contributed by atoms with E-state index < -0.39 is 0 Å². The Bertz CT molecular complexity index is 1030. The predicted molar refractivity (Wildman–Crippen MR) is 355 cm³/mol. The van der Waals surface area contributed by atoms with Gasteiger partial charge < -0.3 is 29.4 Å². The second-order valence-electron chi connectivity index (χ2n) is 28.8. The minimum Gasteiger partial charge on any atom is -0.303 e. The molecule has 0 aromatic rings. The van der Waals surface area contributed by atoms with Crippen molar-refractivity contribution in [2.75, 3.05) is 118 Å². The highest BCUT2D eigenvalue weighted by molar-refractivity contribution is 4.82. The molecule has 5 aliphatic heterocycles. The summed E-state index contributed by atoms with van der Waals surface area (Å²) in [6.45, 7) is 70.3. The Labute approximate surface area is 487 Å². The fourth-order valence-corrected chi connectivity index (χ4v) is 11.5. The molecule has 5 heterocycles. The number of piperazine rings is 1. The third-order valence-electron chi connectivity index (χ3n) is 15.8. The van der Waals surface area contributed by atoms with Crippen molar-refractivity contribution in [1.82, 2.24) is 29.4 Å². The Morgan fingerprint density at radius 3 is 0.895 bits per heavy atom. The molecule has 5 aliphatic rings. The summed E-state index contributed by atoms with van der Waals surface area (Å²) in [5, 5.41) is 0. The molecular weight excluding hydrogens is 925 g/mol. The lowest BCUT2D eigenvalue weighted by molar-refractivity contribution is 0.0780. The molecule has 76 heavy (non-hydrogen) atoms. The molecule has 0 N–H and O–H groups in total. The maximum atomic E-state index is 2.66. The molecule has 0 saturated carbocycles. The van der Waals surface area contributed by atoms with Crippen molar-refractivity contribution in [2.24, 2.45) is 82.9 Å². The van der Waals surface area contributed by atoms with Gasteiger partial charge in [-0.25, -0.2) is 0 Å². The number of likely N-dealkylation sites (tertiary alicyclic amines) is 4. The molecule has 5 saturated heterocycles. The van der Waals surface area contributed by atoms with E-state index in [2.05, 4.69) is 168 Å². The van der Waals surface area contributed by atoms with Crippen LogP contribution in [-0.2, 0) is 0 Å². The van der Waals surface area contributed by atoms with Crippen LogP contribution in [0.25, 0.3) is 0 Å². The highest BCUT2D eigenvalue weighted by atomic mass is 15.3. The van der Waals surface area contributed by atoms with Crippen LogP contribution in [0.15, 0.2) is 0 Å². The van der Waals surface area contributed by atoms with Crippen LogP contribution in [-0.4, -0.2) is 147 Å². The summed E-state index contributed by atoms with van der Waals surface area (Å²) in [6.07, 6.45) is 18.5. The first kappa shape index (κ1) is 84.6. The minimum atomic E-state index is 0. The quantitative estimate of drug-likeness (QED) is 0.0901. The number of hydrogen-bond acceptors (Lipinski definition) is 6. The van der Waals surface area contributed by atoms with Crippen molar-refractivity contribution in [3.05, 3.63) is 0 Å². The van der Waals surface area contributed by atoms with E-state index in [-0.39, 0.29) is 37.1 Å². The number of rotatable bonds is 25. The molecular formula is C70H156N6. The van der Waals surface area contributed by atoms with E-state index in [4.69, 9.17) is 0 Å². The summed E-state index contributed by atoms with van der Waals surface area (Å²) in [7, 11) is 0. The lowest BCUT2D eigenvalue weighted by Crippen LogP contribution is -2.48. The SMILES string of the molecule is C.C.C.C.C.CC(C)CCC1CCN(CC(C)C)CC1.CC(C)CCC1CN(CC(C)C)C1.CC(C)CCN1CC(CC(C)C)C1.CC(C)CCN1CCC(CC(C)C)CC1.CC(C)CCN1CCN(CC(C)C)CC1. The Hall–Kier alpha value is -0.240. The second kappa shape index (κ2) is 49.4. The van der Waals surface area contributed by atoms with Crippen molar-refractivity contribution < 1.29 is 0 Å². The third-order valence-corrected chi connectivity index (χ3v) is 15.8. The standard InChI is InChI=1S/2C14H29N.C13H28N2.2C12H25N.5CH4/c1-12(2)5-8-15-9-6-14(7-10-15)11-13(3)4;2*1-12(2)5-6-14-7-9-15(10-8-14)11-13(3)4;1-10(2)5-6-13-8-12(9-13)7-11(3)4;1-10(2)5-6-12-8-13(9-12)7-11(3)4;;;;;/h2*12-14H,5-11H2,1-4H3;12-13H,5-11H2,1-4H3;2*10-12H,5-9H2,1-4H3;5*1H4. The molecule has 0 atom stereocenters. The molecule has 0 aliphatic carbocycles. The number of piperidine rings is 2. The lowest BCUT2D eigenvalue weighted by atomic mass is 9.88. The topological polar surface area (TPSA) is 19.4 Å². The smallest absolute Gasteiger partial charge is 0.0110 e. The van der Waals surface area contributed by atoms with Gasteiger partial charge in [-0.3, -0.25) is 0 Å². The van der Waals surface area contributed by atoms with Crippen LogP contribution in [0.2, 0.25) is 0 Å². The van der Waals surface area contributed by atoms with Crippen LogP contribution in [0, 0.1) is 82.9 Å². The van der Waals surface area contributed by atoms with Crippen molar-refractivity contribution in [3.63, 3.8) is 0 Å². The van der Waals surface area contributed by atoms with Gasteiger partial charge in [-0.05, 0) is 193 Å². The van der Waals surface area contributed by atoms with Gasteiger partial charge in [0, 0.05) is 72.0 Å². The highest BCUT2D eigenvalue weighted by Crippen LogP contribution is 2.27. The van der Waals surface area contributed by atoms with Crippen molar-refractivity contribution >= 4 is 0 Å². The van der Waals surface area contributed by atoms with E-state index in [0.29, 0.717) is 0 Å². The maximum absolute atomic E-state index is 2.66. The van der Waals surface area contributed by atoms with Crippen LogP contribution in [0.4, 0.5) is 0 Å². The average Bonchev–Trinajstić information content (AvgIpc) is 3.24. The van der Waals surface area contributed by atoms with Gasteiger partial charge in [0.05, 0.1) is 0 Å². The summed E-state index contributed by atoms with van der Waals surface area (Å²) < 4.78 is 0. The first-order chi connectivity index (χ1) is 33.4. The van der Waals surface area contributed by atoms with Gasteiger partial charge >= 0.3 is 0 Å². The molecule has 0 aromatic heterocycles. The van der Waals surface area contributed by atoms with Crippen molar-refractivity contribution in [1.29, 1.82) is 0 Å². The van der Waals surface area contributed by atoms with Gasteiger partial charge in [-0.2, -0.15) is 0 Å². The van der Waals surface area contributed by atoms with Crippen molar-refractivity contribution in [2.45, 2.75) is 259 Å². The van der Waals surface area contributed by atoms with Crippen LogP contribution < -0.4 is 0 Å². The Morgan fingerprint density at radius 2 is 0.526 bits per heavy atom. The average molecular weight is 1080 g/mol. The molecule has 6 heteroatoms. The summed E-state index contributed by atoms with van der Waals surface area (Å²) >= 11 is 0. The fourth-order valence-electron chi connectivity index (χ4n) is 11.5. The van der Waals surface area contributed by atoms with Gasteiger partial charge in [-0.1, -0.05) is 195 Å². The summed E-state index contributed by atoms with van der Waals surface area (Å²) in [4.78, 5) is 15.7. The van der Waals surface area contributed by atoms with E-state index >= 15 is 0 Å². The predicted octanol–water partition coefficient (Wildman–Crippen LogP) is 19.1. The number of nitrogens with zero attached hydrogens (tertiary/aromatic N) is 6. The van der Waals surface area contributed by atoms with Crippen LogP contribution in [0.3, 0.4) is 0 Å². The molecule has 466 valence electrons. The molecule has 0 bridgehead atoms. The monoisotopic (exact) mass is 1080 g/mol. The third kappa shape index (κ3) is 47.4. The van der Waals surface area contributed by atoms with Gasteiger partial charge in [0.2, 0.25) is 0 Å². The van der Waals surface area contributed by atoms with E-state index in [1.54, 1.807) is 0 Å². The molecule has 0 radical (unpaired) electrons. The van der Waals surface area contributed by atoms with Gasteiger partial charge in [0.25, 0.3) is 0 Å². The zero-order chi connectivity index (χ0) is 53.5. The second-order valence-corrected chi connectivity index (χ2v) is 28.8. The van der Waals surface area contributed by atoms with Crippen LogP contribution in [0.1, 0.15) is 259 Å². The van der Waals surface area contributed by atoms with Gasteiger partial charge in [-0.15, -0.1) is 0 Å². The maximum Gasteiger partial charge on any atom is 0.0110 e. The van der Waals surface area contributed by atoms with E-state index in [0.717, 1.165) is 82.9 Å². The Balaban J connectivity index is -0.000000272. The van der Waals surface area contributed by atoms with Gasteiger partial charge in [0.15, 0.2) is 0 Å². The molecule has 0 amide bonds. The molecule has 0 spiro atoms. The van der Waals surface area contributed by atoms with Crippen LogP contribution >= 0.6 is 0 Å². The summed E-state index contributed by atoms with van der Waals surface area (Å²) in [6, 6.07) is 0. The van der Waals surface area contributed by atoms with Gasteiger partial charge in [0.1, 0.15) is 0 Å². The zero-order valence-electron chi connectivity index (χ0n) is 52.7. The van der Waals surface area contributed by atoms with E-state index in [1.807, 2.05) is 0 Å². The summed E-state index contributed by atoms with van der Waals surface area (Å²) in [5.74, 6) is 12.7. The first-order valence-corrected chi connectivity index (χ1v) is 31.7. The minimum absolute atomic E-state index is 0. The Kier molecular flexibility index (Phi) is 54.9. The normalized spacial score (nSPS) is 18.9. The fraction of sp³-hybridized carbons (Fsp3) is 1.00. The molecule has 0 unspecified atom stereocenters. The largest absolute Gasteiger partial charge is 0.303 e. The van der Waals surface area contributed by atoms with Crippen molar-refractivity contribution in [3.8, 4) is 0 Å². The summed E-state index contributed by atoms with van der Waals surface area (Å²) in [5.41, 5.74) is 0. The molecule has 0 aromatic carbocycles. The highest BCUT2D eigenvalue weighted by Gasteiger charge is 2.28. The molecule has 5 rings (SSSR count). The molecule has 5 fully saturated rings. The zero-order valence-corrected chi connectivity index (χ0v) is 52.7. The Morgan fingerprint density at radius 1 is 0.250 bits per heavy atom. The molecule has 6 nitrogen and oxygen atoms in total. The van der Waals surface area contributed by atoms with E-state index in [9.17, 15) is 0 Å². The lowest BCUT2D eigenvalue weighted by Gasteiger charge is -2.40. The van der Waals surface area contributed by atoms with Crippen LogP contribution in [0.5, 0.6) is 0 Å². The van der Waals surface area contributed by atoms with E-state index in [1.165, 1.54) is 201 Å².